The van der Waals surface area contributed by atoms with Gasteiger partial charge in [-0.05, 0) is 19.4 Å². The number of benzene rings is 1. The lowest BCUT2D eigenvalue weighted by Crippen LogP contribution is -2.04. The summed E-state index contributed by atoms with van der Waals surface area (Å²) in [5.74, 6) is 1.35. The second kappa shape index (κ2) is 6.78. The Labute approximate surface area is 128 Å². The van der Waals surface area contributed by atoms with Gasteiger partial charge in [-0.25, -0.2) is 0 Å². The Morgan fingerprint density at radius 2 is 2.14 bits per heavy atom. The molecule has 1 atom stereocenters. The average molecular weight is 312 g/mol. The lowest BCUT2D eigenvalue weighted by Gasteiger charge is -2.09. The summed E-state index contributed by atoms with van der Waals surface area (Å²) >= 11 is 6.04. The second-order valence-electron chi connectivity index (χ2n) is 4.38. The number of ether oxygens (including phenoxy) is 2. The van der Waals surface area contributed by atoms with Gasteiger partial charge in [0.05, 0.1) is 23.4 Å². The molecular weight excluding hydrogens is 294 g/mol. The topological polar surface area (TPSA) is 83.4 Å². The lowest BCUT2D eigenvalue weighted by atomic mass is 10.1. The second-order valence-corrected chi connectivity index (χ2v) is 4.79. The van der Waals surface area contributed by atoms with Crippen molar-refractivity contribution in [1.82, 2.24) is 10.1 Å². The van der Waals surface area contributed by atoms with Gasteiger partial charge in [0.2, 0.25) is 5.82 Å². The van der Waals surface area contributed by atoms with E-state index in [0.717, 1.165) is 6.42 Å². The zero-order chi connectivity index (χ0) is 15.4. The van der Waals surface area contributed by atoms with Crippen molar-refractivity contribution in [3.05, 3.63) is 23.0 Å². The van der Waals surface area contributed by atoms with Crippen molar-refractivity contribution in [1.29, 1.82) is 0 Å². The minimum atomic E-state index is -0.192. The van der Waals surface area contributed by atoms with Crippen LogP contribution in [0.15, 0.2) is 16.7 Å². The molecule has 0 amide bonds. The predicted molar refractivity (Wildman–Crippen MR) is 80.4 cm³/mol. The van der Waals surface area contributed by atoms with Gasteiger partial charge in [-0.3, -0.25) is 0 Å². The van der Waals surface area contributed by atoms with Crippen molar-refractivity contribution >= 4 is 17.3 Å². The van der Waals surface area contributed by atoms with E-state index in [2.05, 4.69) is 10.1 Å². The molecule has 7 heteroatoms. The molecule has 0 aliphatic carbocycles. The monoisotopic (exact) mass is 311 g/mol. The van der Waals surface area contributed by atoms with Crippen LogP contribution < -0.4 is 10.5 Å². The van der Waals surface area contributed by atoms with Crippen LogP contribution in [0.4, 0.5) is 5.69 Å². The molecule has 2 rings (SSSR count). The van der Waals surface area contributed by atoms with E-state index in [1.54, 1.807) is 19.2 Å². The summed E-state index contributed by atoms with van der Waals surface area (Å²) in [4.78, 5) is 4.37. The summed E-state index contributed by atoms with van der Waals surface area (Å²) in [6.07, 6.45) is 0.564. The van der Waals surface area contributed by atoms with Crippen LogP contribution in [0.2, 0.25) is 5.02 Å². The van der Waals surface area contributed by atoms with Gasteiger partial charge in [0, 0.05) is 12.7 Å². The largest absolute Gasteiger partial charge is 0.496 e. The lowest BCUT2D eigenvalue weighted by molar-refractivity contribution is 0.0518. The number of nitrogen functional groups attached to an aromatic ring is 1. The molecule has 0 aliphatic rings. The highest BCUT2D eigenvalue weighted by Crippen LogP contribution is 2.35. The first kappa shape index (κ1) is 15.6. The van der Waals surface area contributed by atoms with Crippen LogP contribution in [0.25, 0.3) is 11.5 Å². The van der Waals surface area contributed by atoms with E-state index in [1.165, 1.54) is 0 Å². The van der Waals surface area contributed by atoms with E-state index in [-0.39, 0.29) is 6.10 Å². The van der Waals surface area contributed by atoms with Crippen molar-refractivity contribution < 1.29 is 14.0 Å². The molecule has 0 saturated carbocycles. The maximum Gasteiger partial charge on any atom is 0.261 e. The SMILES string of the molecule is CCOC(CC)c1noc(-c2cc(Cl)c(N)cc2OC)n1. The van der Waals surface area contributed by atoms with E-state index >= 15 is 0 Å². The number of hydrogen-bond acceptors (Lipinski definition) is 6. The number of nitrogens with two attached hydrogens (primary N) is 1. The molecule has 2 N–H and O–H groups in total. The Morgan fingerprint density at radius 3 is 2.76 bits per heavy atom. The fourth-order valence-corrected chi connectivity index (χ4v) is 2.12. The number of anilines is 1. The van der Waals surface area contributed by atoms with Crippen LogP contribution in [0.1, 0.15) is 32.2 Å². The number of hydrogen-bond donors (Lipinski definition) is 1. The highest BCUT2D eigenvalue weighted by molar-refractivity contribution is 6.33. The summed E-state index contributed by atoms with van der Waals surface area (Å²) in [5, 5.41) is 4.37. The third kappa shape index (κ3) is 3.28. The molecule has 0 saturated heterocycles. The fourth-order valence-electron chi connectivity index (χ4n) is 1.96. The minimum absolute atomic E-state index is 0.192. The molecule has 0 spiro atoms. The normalized spacial score (nSPS) is 12.4. The Bertz CT molecular complexity index is 616. The van der Waals surface area contributed by atoms with Gasteiger partial charge in [-0.15, -0.1) is 0 Å². The molecule has 0 bridgehead atoms. The van der Waals surface area contributed by atoms with Crippen molar-refractivity contribution in [3.63, 3.8) is 0 Å². The Morgan fingerprint density at radius 1 is 1.38 bits per heavy atom. The molecule has 0 radical (unpaired) electrons. The number of rotatable bonds is 6. The van der Waals surface area contributed by atoms with Crippen LogP contribution in [0.3, 0.4) is 0 Å². The third-order valence-electron chi connectivity index (χ3n) is 3.02. The van der Waals surface area contributed by atoms with Crippen LogP contribution in [-0.2, 0) is 4.74 Å². The minimum Gasteiger partial charge on any atom is -0.496 e. The molecule has 1 aromatic carbocycles. The molecule has 2 aromatic rings. The van der Waals surface area contributed by atoms with Crippen molar-refractivity contribution in [2.24, 2.45) is 0 Å². The van der Waals surface area contributed by atoms with Crippen LogP contribution in [0, 0.1) is 0 Å². The molecule has 1 unspecified atom stereocenters. The number of nitrogens with zero attached hydrogens (tertiary/aromatic N) is 2. The van der Waals surface area contributed by atoms with Gasteiger partial charge in [-0.2, -0.15) is 4.98 Å². The summed E-state index contributed by atoms with van der Waals surface area (Å²) in [6.45, 7) is 4.50. The standard InChI is InChI=1S/C14H18ClN3O3/c1-4-11(20-5-2)13-17-14(21-18-13)8-6-9(15)10(16)7-12(8)19-3/h6-7,11H,4-5,16H2,1-3H3. The maximum absolute atomic E-state index is 6.04. The zero-order valence-corrected chi connectivity index (χ0v) is 13.0. The quantitative estimate of drug-likeness (QED) is 0.822. The summed E-state index contributed by atoms with van der Waals surface area (Å²) < 4.78 is 16.1. The average Bonchev–Trinajstić information content (AvgIpc) is 2.96. The predicted octanol–water partition coefficient (Wildman–Crippen LogP) is 3.47. The summed E-state index contributed by atoms with van der Waals surface area (Å²) in [5.41, 5.74) is 6.79. The Hall–Kier alpha value is -1.79. The smallest absolute Gasteiger partial charge is 0.261 e. The maximum atomic E-state index is 6.04. The third-order valence-corrected chi connectivity index (χ3v) is 3.34. The van der Waals surface area contributed by atoms with Gasteiger partial charge in [0.15, 0.2) is 0 Å². The highest BCUT2D eigenvalue weighted by atomic mass is 35.5. The van der Waals surface area contributed by atoms with Crippen molar-refractivity contribution in [2.45, 2.75) is 26.4 Å². The molecule has 6 nitrogen and oxygen atoms in total. The van der Waals surface area contributed by atoms with Crippen molar-refractivity contribution in [2.75, 3.05) is 19.5 Å². The number of aromatic nitrogens is 2. The molecule has 1 heterocycles. The van der Waals surface area contributed by atoms with Gasteiger partial charge in [0.25, 0.3) is 5.89 Å². The molecule has 21 heavy (non-hydrogen) atoms. The Balaban J connectivity index is 2.39. The van der Waals surface area contributed by atoms with Gasteiger partial charge < -0.3 is 19.7 Å². The first-order valence-corrected chi connectivity index (χ1v) is 7.07. The Kier molecular flexibility index (Phi) is 5.03. The van der Waals surface area contributed by atoms with Crippen LogP contribution >= 0.6 is 11.6 Å². The van der Waals surface area contributed by atoms with Crippen molar-refractivity contribution in [3.8, 4) is 17.2 Å². The number of halogens is 1. The van der Waals surface area contributed by atoms with Crippen LogP contribution in [0.5, 0.6) is 5.75 Å². The molecule has 114 valence electrons. The molecular formula is C14H18ClN3O3. The van der Waals surface area contributed by atoms with E-state index in [0.29, 0.717) is 40.3 Å². The van der Waals surface area contributed by atoms with E-state index < -0.39 is 0 Å². The van der Waals surface area contributed by atoms with E-state index in [1.807, 2.05) is 13.8 Å². The van der Waals surface area contributed by atoms with E-state index in [9.17, 15) is 0 Å². The van der Waals surface area contributed by atoms with Gasteiger partial charge >= 0.3 is 0 Å². The first-order valence-electron chi connectivity index (χ1n) is 6.69. The molecule has 0 fully saturated rings. The number of methoxy groups -OCH3 is 1. The first-order chi connectivity index (χ1) is 10.1. The highest BCUT2D eigenvalue weighted by Gasteiger charge is 2.20. The van der Waals surface area contributed by atoms with E-state index in [4.69, 9.17) is 31.3 Å². The summed E-state index contributed by atoms with van der Waals surface area (Å²) in [6, 6.07) is 3.27. The molecule has 0 aliphatic heterocycles. The van der Waals surface area contributed by atoms with Gasteiger partial charge in [0.1, 0.15) is 11.9 Å². The van der Waals surface area contributed by atoms with Gasteiger partial charge in [-0.1, -0.05) is 23.7 Å². The molecule has 1 aromatic heterocycles. The zero-order valence-electron chi connectivity index (χ0n) is 12.2. The fraction of sp³-hybridized carbons (Fsp3) is 0.429. The summed E-state index contributed by atoms with van der Waals surface area (Å²) in [7, 11) is 1.54. The van der Waals surface area contributed by atoms with Crippen LogP contribution in [-0.4, -0.2) is 23.9 Å².